The maximum atomic E-state index is 13.5. The monoisotopic (exact) mass is 283 g/mol. The topological polar surface area (TPSA) is 68.0 Å². The van der Waals surface area contributed by atoms with Crippen molar-refractivity contribution < 1.29 is 9.18 Å². The number of nitrogens with one attached hydrogen (secondary N) is 1. The maximum Gasteiger partial charge on any atom is 0.274 e. The number of aromatic nitrogens is 1. The van der Waals surface area contributed by atoms with Crippen molar-refractivity contribution in [3.05, 3.63) is 59.2 Å². The van der Waals surface area contributed by atoms with Crippen molar-refractivity contribution in [2.75, 3.05) is 11.9 Å². The van der Waals surface area contributed by atoms with Gasteiger partial charge in [0.25, 0.3) is 5.91 Å². The number of halogens is 1. The Labute approximate surface area is 122 Å². The molecular formula is C16H14FN3O. The fourth-order valence-electron chi connectivity index (χ4n) is 1.71. The Hall–Kier alpha value is -2.71. The van der Waals surface area contributed by atoms with E-state index >= 15 is 0 Å². The highest BCUT2D eigenvalue weighted by molar-refractivity contribution is 6.02. The molecular weight excluding hydrogens is 269 g/mol. The van der Waals surface area contributed by atoms with Crippen LogP contribution in [0.2, 0.25) is 0 Å². The van der Waals surface area contributed by atoms with Crippen LogP contribution in [0.1, 0.15) is 21.7 Å². The van der Waals surface area contributed by atoms with E-state index in [1.54, 1.807) is 25.1 Å². The summed E-state index contributed by atoms with van der Waals surface area (Å²) >= 11 is 0. The Morgan fingerprint density at radius 3 is 2.90 bits per heavy atom. The van der Waals surface area contributed by atoms with E-state index in [9.17, 15) is 9.18 Å². The van der Waals surface area contributed by atoms with Gasteiger partial charge in [-0.1, -0.05) is 17.9 Å². The first-order valence-electron chi connectivity index (χ1n) is 6.33. The van der Waals surface area contributed by atoms with Gasteiger partial charge in [0.2, 0.25) is 0 Å². The van der Waals surface area contributed by atoms with E-state index < -0.39 is 5.82 Å². The molecule has 5 heteroatoms. The van der Waals surface area contributed by atoms with Gasteiger partial charge in [-0.05, 0) is 37.3 Å². The highest BCUT2D eigenvalue weighted by Gasteiger charge is 2.09. The summed E-state index contributed by atoms with van der Waals surface area (Å²) in [7, 11) is 0. The summed E-state index contributed by atoms with van der Waals surface area (Å²) in [6.45, 7) is 1.94. The van der Waals surface area contributed by atoms with Crippen molar-refractivity contribution in [3.63, 3.8) is 0 Å². The lowest BCUT2D eigenvalue weighted by molar-refractivity contribution is 0.102. The number of nitrogens with zero attached hydrogens (tertiary/aromatic N) is 1. The lowest BCUT2D eigenvalue weighted by Crippen LogP contribution is -2.14. The molecule has 0 fully saturated rings. The molecule has 0 atom stereocenters. The van der Waals surface area contributed by atoms with Crippen LogP contribution in [0.25, 0.3) is 0 Å². The van der Waals surface area contributed by atoms with Gasteiger partial charge in [0, 0.05) is 11.4 Å². The highest BCUT2D eigenvalue weighted by Crippen LogP contribution is 2.15. The van der Waals surface area contributed by atoms with Crippen LogP contribution in [0.4, 0.5) is 10.1 Å². The first-order valence-corrected chi connectivity index (χ1v) is 6.33. The minimum Gasteiger partial charge on any atom is -0.321 e. The van der Waals surface area contributed by atoms with Crippen LogP contribution in [-0.2, 0) is 0 Å². The highest BCUT2D eigenvalue weighted by atomic mass is 19.1. The van der Waals surface area contributed by atoms with Crippen molar-refractivity contribution in [3.8, 4) is 11.8 Å². The number of nitrogens with two attached hydrogens (primary N) is 1. The quantitative estimate of drug-likeness (QED) is 0.829. The number of carbonyl (C=O) groups excluding carboxylic acids is 1. The summed E-state index contributed by atoms with van der Waals surface area (Å²) in [6, 6.07) is 9.35. The predicted octanol–water partition coefficient (Wildman–Crippen LogP) is 2.09. The molecule has 0 spiro atoms. The molecule has 0 aliphatic heterocycles. The molecule has 0 saturated heterocycles. The molecule has 0 saturated carbocycles. The Morgan fingerprint density at radius 2 is 2.19 bits per heavy atom. The summed E-state index contributed by atoms with van der Waals surface area (Å²) in [5, 5.41) is 2.66. The van der Waals surface area contributed by atoms with Gasteiger partial charge in [0.15, 0.2) is 0 Å². The van der Waals surface area contributed by atoms with Crippen LogP contribution >= 0.6 is 0 Å². The van der Waals surface area contributed by atoms with Gasteiger partial charge in [-0.15, -0.1) is 0 Å². The molecule has 1 amide bonds. The summed E-state index contributed by atoms with van der Waals surface area (Å²) in [4.78, 5) is 16.2. The second kappa shape index (κ2) is 6.64. The molecule has 2 rings (SSSR count). The van der Waals surface area contributed by atoms with E-state index in [4.69, 9.17) is 5.73 Å². The minimum atomic E-state index is -0.456. The summed E-state index contributed by atoms with van der Waals surface area (Å²) < 4.78 is 13.5. The Morgan fingerprint density at radius 1 is 1.38 bits per heavy atom. The number of carbonyl (C=O) groups is 1. The SMILES string of the molecule is Cc1cccc(C(=O)Nc2ccc(F)c(C#CCN)c2)n1. The molecule has 2 aromatic rings. The van der Waals surface area contributed by atoms with Crippen molar-refractivity contribution >= 4 is 11.6 Å². The van der Waals surface area contributed by atoms with Crippen molar-refractivity contribution in [2.45, 2.75) is 6.92 Å². The molecule has 1 heterocycles. The molecule has 4 nitrogen and oxygen atoms in total. The van der Waals surface area contributed by atoms with Gasteiger partial charge in [-0.3, -0.25) is 4.79 Å². The average Bonchev–Trinajstić information content (AvgIpc) is 2.47. The Kier molecular flexibility index (Phi) is 4.64. The third-order valence-corrected chi connectivity index (χ3v) is 2.67. The first kappa shape index (κ1) is 14.7. The lowest BCUT2D eigenvalue weighted by atomic mass is 10.2. The van der Waals surface area contributed by atoms with Crippen molar-refractivity contribution in [2.24, 2.45) is 5.73 Å². The third kappa shape index (κ3) is 3.88. The second-order valence-corrected chi connectivity index (χ2v) is 4.32. The van der Waals surface area contributed by atoms with Crippen LogP contribution in [0.3, 0.4) is 0 Å². The molecule has 1 aromatic heterocycles. The summed E-state index contributed by atoms with van der Waals surface area (Å²) in [5.41, 5.74) is 6.95. The number of aryl methyl sites for hydroxylation is 1. The normalized spacial score (nSPS) is 9.67. The largest absolute Gasteiger partial charge is 0.321 e. The Bertz CT molecular complexity index is 732. The zero-order chi connectivity index (χ0) is 15.2. The molecule has 0 aliphatic carbocycles. The number of pyridine rings is 1. The molecule has 1 aromatic carbocycles. The van der Waals surface area contributed by atoms with E-state index in [-0.39, 0.29) is 18.0 Å². The number of benzene rings is 1. The number of hydrogen-bond acceptors (Lipinski definition) is 3. The number of hydrogen-bond donors (Lipinski definition) is 2. The van der Waals surface area contributed by atoms with E-state index in [2.05, 4.69) is 22.1 Å². The smallest absolute Gasteiger partial charge is 0.274 e. The molecule has 0 radical (unpaired) electrons. The summed E-state index contributed by atoms with van der Waals surface area (Å²) in [5.74, 6) is 4.38. The fraction of sp³-hybridized carbons (Fsp3) is 0.125. The van der Waals surface area contributed by atoms with Crippen LogP contribution in [-0.4, -0.2) is 17.4 Å². The van der Waals surface area contributed by atoms with Gasteiger partial charge >= 0.3 is 0 Å². The zero-order valence-corrected chi connectivity index (χ0v) is 11.5. The van der Waals surface area contributed by atoms with Gasteiger partial charge in [-0.2, -0.15) is 0 Å². The third-order valence-electron chi connectivity index (χ3n) is 2.67. The van der Waals surface area contributed by atoms with Crippen molar-refractivity contribution in [1.82, 2.24) is 4.98 Å². The minimum absolute atomic E-state index is 0.142. The average molecular weight is 283 g/mol. The lowest BCUT2D eigenvalue weighted by Gasteiger charge is -2.06. The van der Waals surface area contributed by atoms with Crippen molar-refractivity contribution in [1.29, 1.82) is 0 Å². The predicted molar refractivity (Wildman–Crippen MR) is 79.3 cm³/mol. The maximum absolute atomic E-state index is 13.5. The van der Waals surface area contributed by atoms with Crippen LogP contribution in [0.15, 0.2) is 36.4 Å². The first-order chi connectivity index (χ1) is 10.1. The summed E-state index contributed by atoms with van der Waals surface area (Å²) in [6.07, 6.45) is 0. The standard InChI is InChI=1S/C16H14FN3O/c1-11-4-2-6-15(19-11)16(21)20-13-7-8-14(17)12(10-13)5-3-9-18/h2,4,6-8,10H,9,18H2,1H3,(H,20,21). The zero-order valence-electron chi connectivity index (χ0n) is 11.5. The fourth-order valence-corrected chi connectivity index (χ4v) is 1.71. The number of rotatable bonds is 2. The second-order valence-electron chi connectivity index (χ2n) is 4.32. The molecule has 0 bridgehead atoms. The van der Waals surface area contributed by atoms with Gasteiger partial charge < -0.3 is 11.1 Å². The number of amides is 1. The molecule has 0 unspecified atom stereocenters. The molecule has 0 aliphatic rings. The van der Waals surface area contributed by atoms with Crippen LogP contribution in [0, 0.1) is 24.6 Å². The van der Waals surface area contributed by atoms with Crippen LogP contribution < -0.4 is 11.1 Å². The van der Waals surface area contributed by atoms with E-state index in [0.29, 0.717) is 11.4 Å². The van der Waals surface area contributed by atoms with Gasteiger partial charge in [0.05, 0.1) is 12.1 Å². The Balaban J connectivity index is 2.21. The van der Waals surface area contributed by atoms with E-state index in [0.717, 1.165) is 5.69 Å². The van der Waals surface area contributed by atoms with E-state index in [1.807, 2.05) is 0 Å². The molecule has 3 N–H and O–H groups in total. The number of anilines is 1. The van der Waals surface area contributed by atoms with E-state index in [1.165, 1.54) is 18.2 Å². The molecule has 106 valence electrons. The van der Waals surface area contributed by atoms with Gasteiger partial charge in [0.1, 0.15) is 11.5 Å². The van der Waals surface area contributed by atoms with Crippen LogP contribution in [0.5, 0.6) is 0 Å². The molecule has 21 heavy (non-hydrogen) atoms. The van der Waals surface area contributed by atoms with Gasteiger partial charge in [-0.25, -0.2) is 9.37 Å².